The Kier molecular flexibility index (Phi) is 8.85. The van der Waals surface area contributed by atoms with Gasteiger partial charge in [0.05, 0.1) is 0 Å². The zero-order chi connectivity index (χ0) is 20.5. The Labute approximate surface area is 172 Å². The van der Waals surface area contributed by atoms with Gasteiger partial charge < -0.3 is 16.0 Å². The SMILES string of the molecule is CCc1cc(CC)c(NCCNCCNc2c(C)cc(C)cc2C)c(CC)c1. The highest BCUT2D eigenvalue weighted by molar-refractivity contribution is 5.60. The summed E-state index contributed by atoms with van der Waals surface area (Å²) >= 11 is 0. The first-order chi connectivity index (χ1) is 13.5. The summed E-state index contributed by atoms with van der Waals surface area (Å²) in [6.45, 7) is 17.1. The summed E-state index contributed by atoms with van der Waals surface area (Å²) in [6, 6.07) is 9.22. The van der Waals surface area contributed by atoms with Crippen molar-refractivity contribution >= 4 is 11.4 Å². The Hall–Kier alpha value is -2.00. The van der Waals surface area contributed by atoms with Crippen LogP contribution >= 0.6 is 0 Å². The van der Waals surface area contributed by atoms with Crippen molar-refractivity contribution in [2.45, 2.75) is 60.8 Å². The van der Waals surface area contributed by atoms with Gasteiger partial charge in [0.15, 0.2) is 0 Å². The lowest BCUT2D eigenvalue weighted by Gasteiger charge is -2.18. The van der Waals surface area contributed by atoms with Crippen LogP contribution in [-0.4, -0.2) is 26.2 Å². The fraction of sp³-hybridized carbons (Fsp3) is 0.520. The number of anilines is 2. The minimum Gasteiger partial charge on any atom is -0.383 e. The molecule has 0 unspecified atom stereocenters. The van der Waals surface area contributed by atoms with Gasteiger partial charge in [-0.15, -0.1) is 0 Å². The average Bonchev–Trinajstić information content (AvgIpc) is 2.68. The van der Waals surface area contributed by atoms with Crippen molar-refractivity contribution < 1.29 is 0 Å². The molecule has 2 aromatic carbocycles. The lowest BCUT2D eigenvalue weighted by Crippen LogP contribution is -2.28. The predicted octanol–water partition coefficient (Wildman–Crippen LogP) is 5.41. The van der Waals surface area contributed by atoms with E-state index in [1.54, 1.807) is 0 Å². The second kappa shape index (κ2) is 11.1. The monoisotopic (exact) mass is 381 g/mol. The standard InChI is InChI=1S/C25H39N3/c1-7-21-16-22(8-2)25(23(9-3)17-21)28-13-11-26-10-12-27-24-19(5)14-18(4)15-20(24)6/h14-17,26-28H,7-13H2,1-6H3. The van der Waals surface area contributed by atoms with Crippen LogP contribution in [0.4, 0.5) is 11.4 Å². The van der Waals surface area contributed by atoms with Gasteiger partial charge >= 0.3 is 0 Å². The fourth-order valence-electron chi connectivity index (χ4n) is 3.96. The van der Waals surface area contributed by atoms with Crippen LogP contribution in [0.3, 0.4) is 0 Å². The Morgan fingerprint density at radius 3 is 1.57 bits per heavy atom. The molecule has 0 fully saturated rings. The predicted molar refractivity (Wildman–Crippen MR) is 125 cm³/mol. The molecule has 3 heteroatoms. The molecule has 0 bridgehead atoms. The highest BCUT2D eigenvalue weighted by Crippen LogP contribution is 2.25. The third kappa shape index (κ3) is 6.00. The molecule has 0 aliphatic carbocycles. The van der Waals surface area contributed by atoms with Crippen LogP contribution in [0.2, 0.25) is 0 Å². The molecule has 0 saturated carbocycles. The molecule has 0 aliphatic heterocycles. The van der Waals surface area contributed by atoms with Gasteiger partial charge in [0.25, 0.3) is 0 Å². The molecule has 3 nitrogen and oxygen atoms in total. The Morgan fingerprint density at radius 1 is 0.607 bits per heavy atom. The van der Waals surface area contributed by atoms with Gasteiger partial charge in [-0.05, 0) is 67.9 Å². The van der Waals surface area contributed by atoms with Crippen molar-refractivity contribution in [3.8, 4) is 0 Å². The number of hydrogen-bond donors (Lipinski definition) is 3. The lowest BCUT2D eigenvalue weighted by atomic mass is 9.98. The summed E-state index contributed by atoms with van der Waals surface area (Å²) in [5, 5.41) is 10.8. The maximum absolute atomic E-state index is 3.69. The zero-order valence-corrected chi connectivity index (χ0v) is 18.8. The highest BCUT2D eigenvalue weighted by Gasteiger charge is 2.08. The lowest BCUT2D eigenvalue weighted by molar-refractivity contribution is 0.718. The minimum absolute atomic E-state index is 0.941. The van der Waals surface area contributed by atoms with Gasteiger partial charge in [0.2, 0.25) is 0 Å². The van der Waals surface area contributed by atoms with E-state index in [1.807, 2.05) is 0 Å². The largest absolute Gasteiger partial charge is 0.383 e. The smallest absolute Gasteiger partial charge is 0.0405 e. The van der Waals surface area contributed by atoms with Crippen molar-refractivity contribution in [3.63, 3.8) is 0 Å². The minimum atomic E-state index is 0.941. The van der Waals surface area contributed by atoms with E-state index < -0.39 is 0 Å². The number of hydrogen-bond acceptors (Lipinski definition) is 3. The number of nitrogens with one attached hydrogen (secondary N) is 3. The van der Waals surface area contributed by atoms with Crippen molar-refractivity contribution in [3.05, 3.63) is 57.6 Å². The molecule has 0 saturated heterocycles. The molecule has 28 heavy (non-hydrogen) atoms. The van der Waals surface area contributed by atoms with Crippen LogP contribution in [0, 0.1) is 20.8 Å². The van der Waals surface area contributed by atoms with Crippen molar-refractivity contribution in [1.82, 2.24) is 5.32 Å². The van der Waals surface area contributed by atoms with Crippen LogP contribution in [0.1, 0.15) is 54.2 Å². The molecular formula is C25H39N3. The summed E-state index contributed by atoms with van der Waals surface area (Å²) < 4.78 is 0. The van der Waals surface area contributed by atoms with Crippen LogP contribution in [0.5, 0.6) is 0 Å². The van der Waals surface area contributed by atoms with Crippen molar-refractivity contribution in [2.75, 3.05) is 36.8 Å². The van der Waals surface area contributed by atoms with E-state index >= 15 is 0 Å². The van der Waals surface area contributed by atoms with E-state index in [0.717, 1.165) is 45.4 Å². The quantitative estimate of drug-likeness (QED) is 0.455. The summed E-state index contributed by atoms with van der Waals surface area (Å²) in [5.41, 5.74) is 11.0. The Bertz CT molecular complexity index is 716. The maximum Gasteiger partial charge on any atom is 0.0405 e. The molecule has 0 aromatic heterocycles. The number of rotatable bonds is 11. The molecule has 154 valence electrons. The van der Waals surface area contributed by atoms with Crippen LogP contribution in [0.15, 0.2) is 24.3 Å². The van der Waals surface area contributed by atoms with E-state index in [2.05, 4.69) is 81.8 Å². The van der Waals surface area contributed by atoms with Gasteiger partial charge in [0.1, 0.15) is 0 Å². The molecular weight excluding hydrogens is 342 g/mol. The van der Waals surface area contributed by atoms with Crippen LogP contribution < -0.4 is 16.0 Å². The molecule has 0 heterocycles. The topological polar surface area (TPSA) is 36.1 Å². The normalized spacial score (nSPS) is 10.9. The first-order valence-corrected chi connectivity index (χ1v) is 10.9. The van der Waals surface area contributed by atoms with E-state index in [9.17, 15) is 0 Å². The van der Waals surface area contributed by atoms with Gasteiger partial charge in [-0.3, -0.25) is 0 Å². The molecule has 0 atom stereocenters. The maximum atomic E-state index is 3.69. The average molecular weight is 382 g/mol. The van der Waals surface area contributed by atoms with Gasteiger partial charge in [-0.2, -0.15) is 0 Å². The van der Waals surface area contributed by atoms with Crippen LogP contribution in [0.25, 0.3) is 0 Å². The van der Waals surface area contributed by atoms with Crippen molar-refractivity contribution in [1.29, 1.82) is 0 Å². The summed E-state index contributed by atoms with van der Waals surface area (Å²) in [6.07, 6.45) is 3.26. The second-order valence-electron chi connectivity index (χ2n) is 7.73. The summed E-state index contributed by atoms with van der Waals surface area (Å²) in [7, 11) is 0. The number of benzene rings is 2. The first kappa shape index (κ1) is 22.3. The molecule has 3 N–H and O–H groups in total. The van der Waals surface area contributed by atoms with Crippen molar-refractivity contribution in [2.24, 2.45) is 0 Å². The molecule has 0 amide bonds. The van der Waals surface area contributed by atoms with Crippen LogP contribution in [-0.2, 0) is 19.3 Å². The molecule has 0 radical (unpaired) electrons. The molecule has 0 spiro atoms. The summed E-state index contributed by atoms with van der Waals surface area (Å²) in [4.78, 5) is 0. The third-order valence-corrected chi connectivity index (χ3v) is 5.42. The summed E-state index contributed by atoms with van der Waals surface area (Å²) in [5.74, 6) is 0. The molecule has 2 rings (SSSR count). The highest BCUT2D eigenvalue weighted by atomic mass is 15.0. The number of aryl methyl sites for hydroxylation is 6. The van der Waals surface area contributed by atoms with E-state index in [0.29, 0.717) is 0 Å². The third-order valence-electron chi connectivity index (χ3n) is 5.42. The van der Waals surface area contributed by atoms with Gasteiger partial charge in [-0.1, -0.05) is 50.6 Å². The van der Waals surface area contributed by atoms with E-state index in [4.69, 9.17) is 0 Å². The fourth-order valence-corrected chi connectivity index (χ4v) is 3.96. The molecule has 2 aromatic rings. The second-order valence-corrected chi connectivity index (χ2v) is 7.73. The van der Waals surface area contributed by atoms with E-state index in [-0.39, 0.29) is 0 Å². The Balaban J connectivity index is 1.78. The Morgan fingerprint density at radius 2 is 1.11 bits per heavy atom. The first-order valence-electron chi connectivity index (χ1n) is 10.9. The van der Waals surface area contributed by atoms with Gasteiger partial charge in [0, 0.05) is 37.6 Å². The van der Waals surface area contributed by atoms with E-state index in [1.165, 1.54) is 44.8 Å². The zero-order valence-electron chi connectivity index (χ0n) is 18.8. The van der Waals surface area contributed by atoms with Gasteiger partial charge in [-0.25, -0.2) is 0 Å². The molecule has 0 aliphatic rings.